The maximum absolute atomic E-state index is 11.9. The molecule has 3 rings (SSSR count). The molecule has 4 heteroatoms. The van der Waals surface area contributed by atoms with Gasteiger partial charge in [-0.15, -0.1) is 0 Å². The molecule has 0 atom stereocenters. The topological polar surface area (TPSA) is 48.2 Å². The predicted octanol–water partition coefficient (Wildman–Crippen LogP) is 3.36. The van der Waals surface area contributed by atoms with Crippen LogP contribution < -0.4 is 0 Å². The normalized spacial score (nSPS) is 14.5. The molecule has 1 aromatic heterocycles. The van der Waals surface area contributed by atoms with Crippen molar-refractivity contribution in [2.24, 2.45) is 4.99 Å². The lowest BCUT2D eigenvalue weighted by Crippen LogP contribution is -1.89. The van der Waals surface area contributed by atoms with Gasteiger partial charge in [0.15, 0.2) is 0 Å². The Kier molecular flexibility index (Phi) is 2.19. The summed E-state index contributed by atoms with van der Waals surface area (Å²) in [7, 11) is 0. The molecule has 82 valence electrons. The lowest BCUT2D eigenvalue weighted by molar-refractivity contribution is -0.383. The van der Waals surface area contributed by atoms with Crippen LogP contribution >= 0.6 is 0 Å². The van der Waals surface area contributed by atoms with Gasteiger partial charge in [0.2, 0.25) is 6.20 Å². The van der Waals surface area contributed by atoms with Gasteiger partial charge in [-0.25, -0.2) is 4.99 Å². The lowest BCUT2D eigenvalue weighted by Gasteiger charge is -1.96. The molecule has 2 heterocycles. The van der Waals surface area contributed by atoms with E-state index in [1.54, 1.807) is 24.4 Å². The molecule has 17 heavy (non-hydrogen) atoms. The number of hydrogen-bond donors (Lipinski definition) is 1. The third kappa shape index (κ3) is 1.69. The average Bonchev–Trinajstić information content (AvgIpc) is 2.80. The first-order chi connectivity index (χ1) is 8.34. The van der Waals surface area contributed by atoms with Crippen LogP contribution in [0.25, 0.3) is 10.8 Å². The number of aromatic nitrogens is 1. The van der Waals surface area contributed by atoms with E-state index in [-0.39, 0.29) is 0 Å². The summed E-state index contributed by atoms with van der Waals surface area (Å²) >= 11 is 0. The van der Waals surface area contributed by atoms with Crippen molar-refractivity contribution < 1.29 is 4.76 Å². The van der Waals surface area contributed by atoms with Crippen LogP contribution in [0.4, 0.5) is 11.4 Å². The van der Waals surface area contributed by atoms with Crippen LogP contribution in [0.5, 0.6) is 0 Å². The number of aliphatic imine (C=N–C) groups is 1. The monoisotopic (exact) mass is 224 g/mol. The minimum absolute atomic E-state index is 0.549. The highest BCUT2D eigenvalue weighted by molar-refractivity contribution is 5.90. The minimum Gasteiger partial charge on any atom is -0.366 e. The molecule has 0 saturated carbocycles. The summed E-state index contributed by atoms with van der Waals surface area (Å²) in [5.74, 6) is 0. The molecular weight excluding hydrogens is 214 g/mol. The molecule has 2 aromatic rings. The number of benzene rings is 1. The van der Waals surface area contributed by atoms with Crippen LogP contribution in [0.2, 0.25) is 0 Å². The molecule has 1 aromatic carbocycles. The van der Waals surface area contributed by atoms with Crippen molar-refractivity contribution in [1.82, 2.24) is 4.98 Å². The standard InChI is InChI=1S/C13H10N3O/c17-16-5-3-1-2-4-15-12-6-10-8-14-9-11(10)7-13(12)16/h1-9,14H/q+1. The number of nitrogens with one attached hydrogen (secondary N) is 1. The fourth-order valence-corrected chi connectivity index (χ4v) is 1.81. The van der Waals surface area contributed by atoms with Crippen molar-refractivity contribution >= 4 is 28.4 Å². The Bertz CT molecular complexity index is 677. The first-order valence-electron chi connectivity index (χ1n) is 5.29. The fourth-order valence-electron chi connectivity index (χ4n) is 1.81. The summed E-state index contributed by atoms with van der Waals surface area (Å²) in [6, 6.07) is 3.73. The molecular formula is C13H10N3O+. The van der Waals surface area contributed by atoms with Gasteiger partial charge < -0.3 is 4.98 Å². The number of H-pyrrole nitrogens is 1. The van der Waals surface area contributed by atoms with Crippen LogP contribution in [0, 0.1) is 4.91 Å². The number of hydrogen-bond acceptors (Lipinski definition) is 2. The zero-order valence-electron chi connectivity index (χ0n) is 9.00. The minimum atomic E-state index is 0.549. The van der Waals surface area contributed by atoms with Crippen molar-refractivity contribution in [3.05, 3.63) is 53.9 Å². The summed E-state index contributed by atoms with van der Waals surface area (Å²) in [5.41, 5.74) is 1.22. The Hall–Kier alpha value is -2.49. The summed E-state index contributed by atoms with van der Waals surface area (Å²) in [6.07, 6.45) is 12.2. The van der Waals surface area contributed by atoms with E-state index in [0.717, 1.165) is 15.5 Å². The number of fused-ring (bicyclic) bond motifs is 2. The number of nitrogens with zero attached hydrogens (tertiary/aromatic N) is 2. The van der Waals surface area contributed by atoms with Gasteiger partial charge in [-0.2, -0.15) is 0 Å². The van der Waals surface area contributed by atoms with Crippen molar-refractivity contribution in [1.29, 1.82) is 0 Å². The van der Waals surface area contributed by atoms with E-state index in [0.29, 0.717) is 11.4 Å². The van der Waals surface area contributed by atoms with Crippen LogP contribution in [0.1, 0.15) is 0 Å². The Morgan fingerprint density at radius 2 is 1.88 bits per heavy atom. The summed E-state index contributed by atoms with van der Waals surface area (Å²) < 4.78 is 0.828. The quantitative estimate of drug-likeness (QED) is 0.685. The van der Waals surface area contributed by atoms with E-state index in [1.165, 1.54) is 6.20 Å². The maximum Gasteiger partial charge on any atom is 0.288 e. The van der Waals surface area contributed by atoms with Gasteiger partial charge in [-0.05, 0) is 12.1 Å². The van der Waals surface area contributed by atoms with Crippen molar-refractivity contribution in [3.63, 3.8) is 0 Å². The van der Waals surface area contributed by atoms with E-state index in [1.807, 2.05) is 24.5 Å². The molecule has 4 nitrogen and oxygen atoms in total. The van der Waals surface area contributed by atoms with Crippen molar-refractivity contribution in [3.8, 4) is 0 Å². The number of aromatic amines is 1. The fraction of sp³-hybridized carbons (Fsp3) is 0. The second kappa shape index (κ2) is 3.83. The van der Waals surface area contributed by atoms with E-state index < -0.39 is 0 Å². The molecule has 1 N–H and O–H groups in total. The van der Waals surface area contributed by atoms with Gasteiger partial charge in [0.25, 0.3) is 5.69 Å². The molecule has 0 aliphatic carbocycles. The van der Waals surface area contributed by atoms with Gasteiger partial charge in [0.05, 0.1) is 4.76 Å². The highest BCUT2D eigenvalue weighted by atomic mass is 16.3. The average molecular weight is 224 g/mol. The molecule has 0 saturated heterocycles. The Morgan fingerprint density at radius 3 is 2.76 bits per heavy atom. The Balaban J connectivity index is 2.30. The largest absolute Gasteiger partial charge is 0.366 e. The zero-order chi connectivity index (χ0) is 11.7. The van der Waals surface area contributed by atoms with Crippen molar-refractivity contribution in [2.45, 2.75) is 0 Å². The maximum atomic E-state index is 11.9. The molecule has 0 amide bonds. The predicted molar refractivity (Wildman–Crippen MR) is 68.0 cm³/mol. The number of rotatable bonds is 0. The van der Waals surface area contributed by atoms with Crippen molar-refractivity contribution in [2.75, 3.05) is 0 Å². The van der Waals surface area contributed by atoms with Gasteiger partial charge in [0, 0.05) is 46.4 Å². The van der Waals surface area contributed by atoms with Crippen LogP contribution in [0.3, 0.4) is 0 Å². The Morgan fingerprint density at radius 1 is 1.06 bits per heavy atom. The second-order valence-corrected chi connectivity index (χ2v) is 3.76. The highest BCUT2D eigenvalue weighted by Crippen LogP contribution is 2.32. The lowest BCUT2D eigenvalue weighted by atomic mass is 10.1. The smallest absolute Gasteiger partial charge is 0.288 e. The molecule has 0 bridgehead atoms. The zero-order valence-corrected chi connectivity index (χ0v) is 9.00. The van der Waals surface area contributed by atoms with E-state index in [4.69, 9.17) is 0 Å². The number of nitroso groups, excluding NO2 is 1. The third-order valence-corrected chi connectivity index (χ3v) is 2.64. The molecule has 1 aliphatic rings. The molecule has 0 unspecified atom stereocenters. The van der Waals surface area contributed by atoms with E-state index in [9.17, 15) is 4.91 Å². The van der Waals surface area contributed by atoms with Gasteiger partial charge >= 0.3 is 0 Å². The summed E-state index contributed by atoms with van der Waals surface area (Å²) in [4.78, 5) is 19.2. The molecule has 0 fully saturated rings. The van der Waals surface area contributed by atoms with Gasteiger partial charge in [-0.1, -0.05) is 6.08 Å². The Labute approximate surface area is 97.6 Å². The SMILES string of the molecule is O=[N+]1C=CC=CC=Nc2cc3c[nH]cc3cc21. The molecule has 1 aliphatic heterocycles. The number of allylic oxidation sites excluding steroid dienone is 3. The summed E-state index contributed by atoms with van der Waals surface area (Å²) in [6.45, 7) is 0. The molecule has 0 spiro atoms. The van der Waals surface area contributed by atoms with Crippen LogP contribution in [-0.2, 0) is 0 Å². The van der Waals surface area contributed by atoms with Gasteiger partial charge in [0.1, 0.15) is 5.69 Å². The highest BCUT2D eigenvalue weighted by Gasteiger charge is 2.18. The second-order valence-electron chi connectivity index (χ2n) is 3.76. The molecule has 0 radical (unpaired) electrons. The van der Waals surface area contributed by atoms with E-state index in [2.05, 4.69) is 9.98 Å². The first kappa shape index (κ1) is 9.72. The van der Waals surface area contributed by atoms with Crippen LogP contribution in [0.15, 0.2) is 53.9 Å². The van der Waals surface area contributed by atoms with Crippen LogP contribution in [-0.4, -0.2) is 16.0 Å². The summed E-state index contributed by atoms with van der Waals surface area (Å²) in [5, 5.41) is 2.04. The third-order valence-electron chi connectivity index (χ3n) is 2.64. The first-order valence-corrected chi connectivity index (χ1v) is 5.29. The van der Waals surface area contributed by atoms with E-state index >= 15 is 0 Å². The van der Waals surface area contributed by atoms with Gasteiger partial charge in [-0.3, -0.25) is 0 Å².